The molecular formula is C19H20FNO3. The smallest absolute Gasteiger partial charge is 0.220 e. The van der Waals surface area contributed by atoms with E-state index >= 15 is 0 Å². The highest BCUT2D eigenvalue weighted by Crippen LogP contribution is 2.28. The van der Waals surface area contributed by atoms with Crippen molar-refractivity contribution in [3.05, 3.63) is 65.0 Å². The summed E-state index contributed by atoms with van der Waals surface area (Å²) in [6.07, 6.45) is 0.592. The van der Waals surface area contributed by atoms with Gasteiger partial charge in [0, 0.05) is 19.4 Å². The number of carbonyl (C=O) groups is 1. The Morgan fingerprint density at radius 3 is 2.96 bits per heavy atom. The maximum atomic E-state index is 13.5. The Hall–Kier alpha value is -2.40. The Morgan fingerprint density at radius 2 is 2.12 bits per heavy atom. The van der Waals surface area contributed by atoms with E-state index in [1.807, 2.05) is 12.1 Å². The maximum Gasteiger partial charge on any atom is 0.220 e. The summed E-state index contributed by atoms with van der Waals surface area (Å²) in [5, 5.41) is 12.9. The van der Waals surface area contributed by atoms with Gasteiger partial charge < -0.3 is 15.2 Å². The highest BCUT2D eigenvalue weighted by atomic mass is 19.1. The number of fused-ring (bicyclic) bond motifs is 1. The van der Waals surface area contributed by atoms with Gasteiger partial charge in [-0.1, -0.05) is 24.3 Å². The van der Waals surface area contributed by atoms with Gasteiger partial charge in [-0.3, -0.25) is 4.79 Å². The van der Waals surface area contributed by atoms with Gasteiger partial charge in [0.25, 0.3) is 0 Å². The number of benzene rings is 2. The Bertz CT molecular complexity index is 732. The number of carbonyl (C=O) groups excluding carboxylic acids is 1. The van der Waals surface area contributed by atoms with Crippen LogP contribution in [0, 0.1) is 5.82 Å². The van der Waals surface area contributed by atoms with Crippen LogP contribution in [-0.4, -0.2) is 24.2 Å². The van der Waals surface area contributed by atoms with Crippen LogP contribution >= 0.6 is 0 Å². The Labute approximate surface area is 140 Å². The molecule has 0 bridgehead atoms. The summed E-state index contributed by atoms with van der Waals surface area (Å²) in [5.74, 6) is 0.354. The minimum absolute atomic E-state index is 0.135. The average Bonchev–Trinajstić information content (AvgIpc) is 3.06. The van der Waals surface area contributed by atoms with Crippen LogP contribution in [0.5, 0.6) is 5.75 Å². The average molecular weight is 329 g/mol. The van der Waals surface area contributed by atoms with Crippen molar-refractivity contribution >= 4 is 5.91 Å². The highest BCUT2D eigenvalue weighted by molar-refractivity contribution is 5.76. The number of amides is 1. The fourth-order valence-electron chi connectivity index (χ4n) is 2.78. The summed E-state index contributed by atoms with van der Waals surface area (Å²) in [5.41, 5.74) is 2.36. The number of hydrogen-bond acceptors (Lipinski definition) is 3. The van der Waals surface area contributed by atoms with Crippen molar-refractivity contribution < 1.29 is 19.0 Å². The van der Waals surface area contributed by atoms with Crippen LogP contribution in [0.25, 0.3) is 0 Å². The summed E-state index contributed by atoms with van der Waals surface area (Å²) in [4.78, 5) is 11.9. The van der Waals surface area contributed by atoms with Crippen molar-refractivity contribution in [3.63, 3.8) is 0 Å². The lowest BCUT2D eigenvalue weighted by Crippen LogP contribution is -2.28. The molecule has 2 aromatic carbocycles. The normalized spacial score (nSPS) is 13.9. The fourth-order valence-corrected chi connectivity index (χ4v) is 2.78. The third-order valence-electron chi connectivity index (χ3n) is 4.17. The molecule has 1 heterocycles. The van der Waals surface area contributed by atoms with Crippen LogP contribution in [0.4, 0.5) is 4.39 Å². The minimum atomic E-state index is -0.770. The van der Waals surface area contributed by atoms with E-state index in [0.717, 1.165) is 23.3 Å². The van der Waals surface area contributed by atoms with Crippen molar-refractivity contribution in [1.29, 1.82) is 0 Å². The van der Waals surface area contributed by atoms with Crippen molar-refractivity contribution in [2.24, 2.45) is 0 Å². The SMILES string of the molecule is O=C(CCc1ccccc1F)NC[C@H](O)c1ccc2c(c1)CCO2. The molecule has 1 aliphatic heterocycles. The van der Waals surface area contributed by atoms with Crippen molar-refractivity contribution in [1.82, 2.24) is 5.32 Å². The molecule has 0 unspecified atom stereocenters. The first kappa shape index (κ1) is 16.5. The van der Waals surface area contributed by atoms with Gasteiger partial charge in [-0.2, -0.15) is 0 Å². The Morgan fingerprint density at radius 1 is 1.29 bits per heavy atom. The molecule has 0 aliphatic carbocycles. The molecule has 24 heavy (non-hydrogen) atoms. The second-order valence-corrected chi connectivity index (χ2v) is 5.88. The topological polar surface area (TPSA) is 58.6 Å². The van der Waals surface area contributed by atoms with Crippen LogP contribution in [-0.2, 0) is 17.6 Å². The molecule has 126 valence electrons. The van der Waals surface area contributed by atoms with Gasteiger partial charge in [-0.15, -0.1) is 0 Å². The number of rotatable bonds is 6. The molecule has 1 aliphatic rings. The van der Waals surface area contributed by atoms with Gasteiger partial charge in [0.1, 0.15) is 11.6 Å². The largest absolute Gasteiger partial charge is 0.493 e. The molecule has 3 rings (SSSR count). The third-order valence-corrected chi connectivity index (χ3v) is 4.17. The minimum Gasteiger partial charge on any atom is -0.493 e. The fraction of sp³-hybridized carbons (Fsp3) is 0.316. The van der Waals surface area contributed by atoms with Gasteiger partial charge >= 0.3 is 0 Å². The Balaban J connectivity index is 1.48. The van der Waals surface area contributed by atoms with E-state index in [4.69, 9.17) is 4.74 Å². The molecule has 1 amide bonds. The predicted molar refractivity (Wildman–Crippen MR) is 88.3 cm³/mol. The van der Waals surface area contributed by atoms with Gasteiger partial charge in [0.15, 0.2) is 0 Å². The number of nitrogens with one attached hydrogen (secondary N) is 1. The second kappa shape index (κ2) is 7.45. The van der Waals surface area contributed by atoms with Crippen LogP contribution in [0.2, 0.25) is 0 Å². The molecule has 0 saturated heterocycles. The monoisotopic (exact) mass is 329 g/mol. The van der Waals surface area contributed by atoms with Gasteiger partial charge in [0.05, 0.1) is 12.7 Å². The van der Waals surface area contributed by atoms with Crippen molar-refractivity contribution in [2.75, 3.05) is 13.2 Å². The zero-order valence-electron chi connectivity index (χ0n) is 13.3. The quantitative estimate of drug-likeness (QED) is 0.856. The van der Waals surface area contributed by atoms with Gasteiger partial charge in [-0.25, -0.2) is 4.39 Å². The second-order valence-electron chi connectivity index (χ2n) is 5.88. The number of aliphatic hydroxyl groups is 1. The molecule has 0 radical (unpaired) electrons. The van der Waals surface area contributed by atoms with E-state index in [1.54, 1.807) is 24.3 Å². The van der Waals surface area contributed by atoms with E-state index < -0.39 is 6.10 Å². The first-order chi connectivity index (χ1) is 11.6. The summed E-state index contributed by atoms with van der Waals surface area (Å²) in [7, 11) is 0. The first-order valence-corrected chi connectivity index (χ1v) is 8.07. The van der Waals surface area contributed by atoms with Crippen LogP contribution < -0.4 is 10.1 Å². The molecule has 0 saturated carbocycles. The highest BCUT2D eigenvalue weighted by Gasteiger charge is 2.16. The van der Waals surface area contributed by atoms with Crippen molar-refractivity contribution in [2.45, 2.75) is 25.4 Å². The summed E-state index contributed by atoms with van der Waals surface area (Å²) < 4.78 is 18.9. The van der Waals surface area contributed by atoms with Gasteiger partial charge in [0.2, 0.25) is 5.91 Å². The predicted octanol–water partition coefficient (Wildman–Crippen LogP) is 2.54. The number of hydrogen-bond donors (Lipinski definition) is 2. The molecular weight excluding hydrogens is 309 g/mol. The van der Waals surface area contributed by atoms with E-state index in [1.165, 1.54) is 6.07 Å². The van der Waals surface area contributed by atoms with Crippen LogP contribution in [0.1, 0.15) is 29.2 Å². The maximum absolute atomic E-state index is 13.5. The molecule has 2 aromatic rings. The zero-order valence-corrected chi connectivity index (χ0v) is 13.3. The summed E-state index contributed by atoms with van der Waals surface area (Å²) in [6, 6.07) is 12.0. The zero-order chi connectivity index (χ0) is 16.9. The lowest BCUT2D eigenvalue weighted by Gasteiger charge is -2.13. The molecule has 4 nitrogen and oxygen atoms in total. The molecule has 5 heteroatoms. The van der Waals surface area contributed by atoms with Gasteiger partial charge in [-0.05, 0) is 41.3 Å². The lowest BCUT2D eigenvalue weighted by atomic mass is 10.0. The number of aliphatic hydroxyl groups excluding tert-OH is 1. The van der Waals surface area contributed by atoms with Crippen molar-refractivity contribution in [3.8, 4) is 5.75 Å². The molecule has 0 fully saturated rings. The molecule has 0 spiro atoms. The van der Waals surface area contributed by atoms with Crippen LogP contribution in [0.15, 0.2) is 42.5 Å². The molecule has 0 aromatic heterocycles. The summed E-state index contributed by atoms with van der Waals surface area (Å²) >= 11 is 0. The number of ether oxygens (including phenoxy) is 1. The summed E-state index contributed by atoms with van der Waals surface area (Å²) in [6.45, 7) is 0.803. The number of aryl methyl sites for hydroxylation is 1. The first-order valence-electron chi connectivity index (χ1n) is 8.07. The molecule has 1 atom stereocenters. The van der Waals surface area contributed by atoms with E-state index in [-0.39, 0.29) is 24.7 Å². The van der Waals surface area contributed by atoms with E-state index in [9.17, 15) is 14.3 Å². The lowest BCUT2D eigenvalue weighted by molar-refractivity contribution is -0.121. The third kappa shape index (κ3) is 3.92. The Kier molecular flexibility index (Phi) is 5.11. The molecule has 2 N–H and O–H groups in total. The van der Waals surface area contributed by atoms with E-state index in [0.29, 0.717) is 18.6 Å². The van der Waals surface area contributed by atoms with E-state index in [2.05, 4.69) is 5.32 Å². The van der Waals surface area contributed by atoms with Crippen LogP contribution in [0.3, 0.4) is 0 Å². The number of halogens is 1. The standard InChI is InChI=1S/C19H20FNO3/c20-16-4-2-1-3-13(16)6-8-19(23)21-12-17(22)14-5-7-18-15(11-14)9-10-24-18/h1-5,7,11,17,22H,6,8-10,12H2,(H,21,23)/t17-/m0/s1.